The Hall–Kier alpha value is -1.26. The van der Waals surface area contributed by atoms with Crippen LogP contribution in [0.3, 0.4) is 0 Å². The summed E-state index contributed by atoms with van der Waals surface area (Å²) in [4.78, 5) is -0.977. The van der Waals surface area contributed by atoms with E-state index in [0.717, 1.165) is 0 Å². The molecule has 2 rings (SSSR count). The minimum atomic E-state index is -4.79. The Morgan fingerprint density at radius 2 is 1.78 bits per heavy atom. The van der Waals surface area contributed by atoms with Crippen LogP contribution >= 0.6 is 0 Å². The van der Waals surface area contributed by atoms with Gasteiger partial charge in [0, 0.05) is 25.3 Å². The molecular formula is C13H14F5NO3S. The Kier molecular flexibility index (Phi) is 5.27. The zero-order valence-electron chi connectivity index (χ0n) is 11.8. The minimum absolute atomic E-state index is 0.0676. The smallest absolute Gasteiger partial charge is 0.381 e. The zero-order valence-corrected chi connectivity index (χ0v) is 12.6. The molecule has 1 fully saturated rings. The average Bonchev–Trinajstić information content (AvgIpc) is 2.44. The van der Waals surface area contributed by atoms with E-state index in [1.54, 1.807) is 0 Å². The number of alkyl halides is 3. The summed E-state index contributed by atoms with van der Waals surface area (Å²) in [7, 11) is -4.77. The fourth-order valence-electron chi connectivity index (χ4n) is 2.37. The van der Waals surface area contributed by atoms with Gasteiger partial charge in [-0.1, -0.05) is 0 Å². The number of halogens is 5. The first-order valence-electron chi connectivity index (χ1n) is 6.72. The Morgan fingerprint density at radius 1 is 1.17 bits per heavy atom. The van der Waals surface area contributed by atoms with Gasteiger partial charge in [0.25, 0.3) is 0 Å². The lowest BCUT2D eigenvalue weighted by atomic mass is 10.1. The molecule has 0 aromatic heterocycles. The summed E-state index contributed by atoms with van der Waals surface area (Å²) in [6.07, 6.45) is -4.65. The van der Waals surface area contributed by atoms with E-state index in [4.69, 9.17) is 4.74 Å². The first-order chi connectivity index (χ1) is 10.6. The van der Waals surface area contributed by atoms with E-state index in [0.29, 0.717) is 18.2 Å². The van der Waals surface area contributed by atoms with Crippen molar-refractivity contribution < 1.29 is 35.1 Å². The van der Waals surface area contributed by atoms with Crippen LogP contribution < -0.4 is 0 Å². The van der Waals surface area contributed by atoms with Crippen LogP contribution in [-0.4, -0.2) is 44.7 Å². The third-order valence-electron chi connectivity index (χ3n) is 3.41. The molecule has 1 heterocycles. The maximum Gasteiger partial charge on any atom is 0.402 e. The van der Waals surface area contributed by atoms with E-state index in [9.17, 15) is 30.4 Å². The SMILES string of the molecule is O=S(=O)(c1ccc(F)cc1F)N(CC(F)(F)F)C1CCOCC1. The van der Waals surface area contributed by atoms with Crippen LogP contribution in [0.2, 0.25) is 0 Å². The van der Waals surface area contributed by atoms with Crippen LogP contribution in [0.15, 0.2) is 23.1 Å². The lowest BCUT2D eigenvalue weighted by molar-refractivity contribution is -0.141. The highest BCUT2D eigenvalue weighted by molar-refractivity contribution is 7.89. The van der Waals surface area contributed by atoms with E-state index >= 15 is 0 Å². The van der Waals surface area contributed by atoms with Crippen LogP contribution in [0.1, 0.15) is 12.8 Å². The summed E-state index contributed by atoms with van der Waals surface area (Å²) in [6, 6.07) is 0.677. The summed E-state index contributed by atoms with van der Waals surface area (Å²) in [6.45, 7) is -1.52. The van der Waals surface area contributed by atoms with E-state index in [1.807, 2.05) is 0 Å². The lowest BCUT2D eigenvalue weighted by Crippen LogP contribution is -2.47. The quantitative estimate of drug-likeness (QED) is 0.777. The highest BCUT2D eigenvalue weighted by Gasteiger charge is 2.42. The van der Waals surface area contributed by atoms with Crippen molar-refractivity contribution >= 4 is 10.0 Å². The second-order valence-electron chi connectivity index (χ2n) is 5.08. The minimum Gasteiger partial charge on any atom is -0.381 e. The molecule has 1 aliphatic rings. The molecule has 0 amide bonds. The first-order valence-corrected chi connectivity index (χ1v) is 8.16. The Labute approximate surface area is 129 Å². The van der Waals surface area contributed by atoms with Gasteiger partial charge in [0.15, 0.2) is 0 Å². The van der Waals surface area contributed by atoms with Gasteiger partial charge in [0.05, 0.1) is 0 Å². The molecule has 0 atom stereocenters. The Bertz CT molecular complexity index is 656. The van der Waals surface area contributed by atoms with Gasteiger partial charge in [-0.3, -0.25) is 0 Å². The number of sulfonamides is 1. The van der Waals surface area contributed by atoms with Crippen molar-refractivity contribution in [3.63, 3.8) is 0 Å². The van der Waals surface area contributed by atoms with Crippen LogP contribution in [0.25, 0.3) is 0 Å². The third kappa shape index (κ3) is 4.39. The van der Waals surface area contributed by atoms with Crippen LogP contribution in [0.5, 0.6) is 0 Å². The van der Waals surface area contributed by atoms with Gasteiger partial charge < -0.3 is 4.74 Å². The molecule has 1 aliphatic heterocycles. The van der Waals surface area contributed by atoms with Crippen molar-refractivity contribution in [1.82, 2.24) is 4.31 Å². The van der Waals surface area contributed by atoms with Crippen LogP contribution in [-0.2, 0) is 14.8 Å². The van der Waals surface area contributed by atoms with E-state index in [2.05, 4.69) is 0 Å². The molecule has 0 saturated carbocycles. The molecule has 0 unspecified atom stereocenters. The van der Waals surface area contributed by atoms with Gasteiger partial charge in [0.2, 0.25) is 10.0 Å². The summed E-state index contributed by atoms with van der Waals surface area (Å²) in [5.41, 5.74) is 0. The number of ether oxygens (including phenoxy) is 1. The molecule has 0 N–H and O–H groups in total. The molecule has 0 aliphatic carbocycles. The second kappa shape index (κ2) is 6.70. The normalized spacial score (nSPS) is 17.7. The predicted octanol–water partition coefficient (Wildman–Crippen LogP) is 2.70. The topological polar surface area (TPSA) is 46.6 Å². The van der Waals surface area contributed by atoms with E-state index in [1.165, 1.54) is 0 Å². The highest BCUT2D eigenvalue weighted by Crippen LogP contribution is 2.29. The summed E-state index contributed by atoms with van der Waals surface area (Å²) in [5, 5.41) is 0. The molecule has 1 aromatic rings. The molecular weight excluding hydrogens is 345 g/mol. The van der Waals surface area contributed by atoms with Crippen molar-refractivity contribution in [1.29, 1.82) is 0 Å². The number of hydrogen-bond donors (Lipinski definition) is 0. The van der Waals surface area contributed by atoms with Gasteiger partial charge >= 0.3 is 6.18 Å². The van der Waals surface area contributed by atoms with Gasteiger partial charge in [0.1, 0.15) is 23.1 Å². The molecule has 0 spiro atoms. The van der Waals surface area contributed by atoms with E-state index in [-0.39, 0.29) is 30.4 Å². The third-order valence-corrected chi connectivity index (χ3v) is 5.35. The van der Waals surface area contributed by atoms with Crippen molar-refractivity contribution in [2.24, 2.45) is 0 Å². The molecule has 0 bridgehead atoms. The lowest BCUT2D eigenvalue weighted by Gasteiger charge is -2.33. The number of benzene rings is 1. The Morgan fingerprint density at radius 3 is 2.30 bits per heavy atom. The van der Waals surface area contributed by atoms with Gasteiger partial charge in [-0.25, -0.2) is 17.2 Å². The molecule has 0 radical (unpaired) electrons. The fourth-order valence-corrected chi connectivity index (χ4v) is 4.09. The van der Waals surface area contributed by atoms with Gasteiger partial charge in [-0.2, -0.15) is 17.5 Å². The fraction of sp³-hybridized carbons (Fsp3) is 0.538. The van der Waals surface area contributed by atoms with Crippen LogP contribution in [0.4, 0.5) is 22.0 Å². The highest BCUT2D eigenvalue weighted by atomic mass is 32.2. The van der Waals surface area contributed by atoms with Crippen molar-refractivity contribution in [2.45, 2.75) is 30.0 Å². The maximum absolute atomic E-state index is 13.8. The average molecular weight is 359 g/mol. The number of nitrogens with zero attached hydrogens (tertiary/aromatic N) is 1. The summed E-state index contributed by atoms with van der Waals surface area (Å²) >= 11 is 0. The maximum atomic E-state index is 13.8. The van der Waals surface area contributed by atoms with Crippen molar-refractivity contribution in [2.75, 3.05) is 19.8 Å². The van der Waals surface area contributed by atoms with Crippen molar-refractivity contribution in [3.05, 3.63) is 29.8 Å². The molecule has 10 heteroatoms. The van der Waals surface area contributed by atoms with Gasteiger partial charge in [-0.15, -0.1) is 0 Å². The van der Waals surface area contributed by atoms with E-state index < -0.39 is 45.3 Å². The largest absolute Gasteiger partial charge is 0.402 e. The van der Waals surface area contributed by atoms with Crippen LogP contribution in [0, 0.1) is 11.6 Å². The predicted molar refractivity (Wildman–Crippen MR) is 70.1 cm³/mol. The zero-order chi connectivity index (χ0) is 17.3. The summed E-state index contributed by atoms with van der Waals surface area (Å²) in [5.74, 6) is -2.45. The first kappa shape index (κ1) is 18.1. The number of hydrogen-bond acceptors (Lipinski definition) is 3. The molecule has 1 saturated heterocycles. The van der Waals surface area contributed by atoms with Gasteiger partial charge in [-0.05, 0) is 25.0 Å². The Balaban J connectivity index is 2.43. The standard InChI is InChI=1S/C13H14F5NO3S/c14-9-1-2-12(11(15)7-9)23(20,21)19(8-13(16,17)18)10-3-5-22-6-4-10/h1-2,7,10H,3-6,8H2. The molecule has 23 heavy (non-hydrogen) atoms. The summed E-state index contributed by atoms with van der Waals surface area (Å²) < 4.78 is 95.2. The molecule has 1 aromatic carbocycles. The second-order valence-corrected chi connectivity index (χ2v) is 6.94. The van der Waals surface area contributed by atoms with Crippen molar-refractivity contribution in [3.8, 4) is 0 Å². The number of rotatable bonds is 4. The molecule has 4 nitrogen and oxygen atoms in total. The molecule has 130 valence electrons. The monoisotopic (exact) mass is 359 g/mol.